The Bertz CT molecular complexity index is 3620. The molecule has 2 nitrogen and oxygen atoms in total. The van der Waals surface area contributed by atoms with Crippen molar-refractivity contribution < 1.29 is 0 Å². The van der Waals surface area contributed by atoms with Crippen molar-refractivity contribution in [1.82, 2.24) is 0 Å². The van der Waals surface area contributed by atoms with Crippen LogP contribution in [0.2, 0.25) is 0 Å². The van der Waals surface area contributed by atoms with E-state index in [2.05, 4.69) is 277 Å². The molecule has 0 unspecified atom stereocenters. The van der Waals surface area contributed by atoms with Crippen molar-refractivity contribution >= 4 is 57.2 Å². The summed E-state index contributed by atoms with van der Waals surface area (Å²) >= 11 is 0. The molecule has 0 saturated carbocycles. The van der Waals surface area contributed by atoms with Gasteiger partial charge in [-0.1, -0.05) is 219 Å². The maximum Gasteiger partial charge on any atom is 0.252 e. The molecule has 0 aromatic heterocycles. The summed E-state index contributed by atoms with van der Waals surface area (Å²) in [6.45, 7) is 36.5. The molecule has 77 heavy (non-hydrogen) atoms. The molecule has 2 heterocycles. The van der Waals surface area contributed by atoms with Crippen LogP contribution in [0.15, 0.2) is 164 Å². The number of hydrogen-bond donors (Lipinski definition) is 0. The van der Waals surface area contributed by atoms with Crippen molar-refractivity contribution in [2.45, 2.75) is 168 Å². The molecule has 0 bridgehead atoms. The van der Waals surface area contributed by atoms with Crippen LogP contribution in [0, 0.1) is 0 Å². The van der Waals surface area contributed by atoms with Crippen molar-refractivity contribution in [2.24, 2.45) is 0 Å². The molecule has 0 radical (unpaired) electrons. The van der Waals surface area contributed by atoms with Crippen molar-refractivity contribution in [3.8, 4) is 22.3 Å². The van der Waals surface area contributed by atoms with Crippen molar-refractivity contribution in [3.63, 3.8) is 0 Å². The molecule has 0 spiro atoms. The highest BCUT2D eigenvalue weighted by molar-refractivity contribution is 7.00. The number of hydrogen-bond acceptors (Lipinski definition) is 2. The molecule has 2 aliphatic heterocycles. The second-order valence-electron chi connectivity index (χ2n) is 28.1. The van der Waals surface area contributed by atoms with Crippen LogP contribution in [0.25, 0.3) is 22.3 Å². The van der Waals surface area contributed by atoms with Gasteiger partial charge in [0.2, 0.25) is 0 Å². The van der Waals surface area contributed by atoms with Gasteiger partial charge in [-0.3, -0.25) is 0 Å². The van der Waals surface area contributed by atoms with Gasteiger partial charge in [0.1, 0.15) is 0 Å². The molecule has 12 rings (SSSR count). The Hall–Kier alpha value is -6.58. The second-order valence-corrected chi connectivity index (χ2v) is 28.1. The van der Waals surface area contributed by atoms with Gasteiger partial charge < -0.3 is 9.80 Å². The van der Waals surface area contributed by atoms with E-state index in [0.717, 1.165) is 6.42 Å². The third-order valence-corrected chi connectivity index (χ3v) is 19.4. The lowest BCUT2D eigenvalue weighted by molar-refractivity contribution is 0.332. The highest BCUT2D eigenvalue weighted by Crippen LogP contribution is 2.54. The van der Waals surface area contributed by atoms with E-state index in [-0.39, 0.29) is 45.1 Å². The zero-order valence-corrected chi connectivity index (χ0v) is 49.0. The predicted octanol–water partition coefficient (Wildman–Crippen LogP) is 18.5. The average Bonchev–Trinajstić information content (AvgIpc) is 3.53. The highest BCUT2D eigenvalue weighted by Gasteiger charge is 2.48. The first kappa shape index (κ1) is 51.2. The van der Waals surface area contributed by atoms with Gasteiger partial charge in [-0.2, -0.15) is 0 Å². The van der Waals surface area contributed by atoms with Crippen LogP contribution in [-0.2, 0) is 32.5 Å². The fourth-order valence-electron chi connectivity index (χ4n) is 14.0. The molecule has 0 atom stereocenters. The Kier molecular flexibility index (Phi) is 11.8. The Labute approximate surface area is 463 Å². The lowest BCUT2D eigenvalue weighted by Gasteiger charge is -2.48. The van der Waals surface area contributed by atoms with Crippen LogP contribution in [0.3, 0.4) is 0 Å². The van der Waals surface area contributed by atoms with E-state index in [1.54, 1.807) is 0 Å². The summed E-state index contributed by atoms with van der Waals surface area (Å²) in [5, 5.41) is 0. The summed E-state index contributed by atoms with van der Waals surface area (Å²) in [6.07, 6.45) is 4.69. The van der Waals surface area contributed by atoms with E-state index in [9.17, 15) is 0 Å². The van der Waals surface area contributed by atoms with E-state index in [0.29, 0.717) is 0 Å². The SMILES string of the molecule is CC(C)c1cc2c3c(c1)N(c1ccc(C(C)(C)C)cc1-c1ccc(-c4ccccc4)cc1)c1cc(C(C)(C)c4ccccc4)ccc1B3c1cc3c(cc1N2c1ccc2c(c1)C(C)(C)CCC2(C)C)C(C)(C)CCC3(C)C. The summed E-state index contributed by atoms with van der Waals surface area (Å²) in [4.78, 5) is 5.44. The third kappa shape index (κ3) is 8.35. The summed E-state index contributed by atoms with van der Waals surface area (Å²) in [6, 6.07) is 64.4. The zero-order valence-electron chi connectivity index (χ0n) is 49.0. The standard InChI is InChI=1S/C74H81BN2/c1-47(2)51-40-66-68-67(41-51)77(63-35-31-53(69(3,4)5)42-56(63)50-28-26-49(27-29-50)48-22-18-16-19-23-48)64-43-54(74(14,15)52-24-20-17-21-25-52)30-34-61(64)75(68)62-45-59-60(73(12,13)39-38-72(59,10)11)46-65(62)76(66)55-32-33-57-58(44-55)71(8,9)37-36-70(57,6)7/h16-35,40-47H,36-39H2,1-15H3. The minimum absolute atomic E-state index is 0.00538. The fraction of sp³-hybridized carbons (Fsp3) is 0.351. The van der Waals surface area contributed by atoms with Crippen LogP contribution in [0.1, 0.15) is 180 Å². The zero-order chi connectivity index (χ0) is 54.4. The van der Waals surface area contributed by atoms with Crippen LogP contribution in [0.4, 0.5) is 34.1 Å². The fourth-order valence-corrected chi connectivity index (χ4v) is 14.0. The van der Waals surface area contributed by atoms with Gasteiger partial charge in [-0.25, -0.2) is 0 Å². The summed E-state index contributed by atoms with van der Waals surface area (Å²) in [5.41, 5.74) is 27.9. The first-order valence-corrected chi connectivity index (χ1v) is 29.0. The third-order valence-electron chi connectivity index (χ3n) is 19.4. The molecule has 0 fully saturated rings. The number of fused-ring (bicyclic) bond motifs is 6. The summed E-state index contributed by atoms with van der Waals surface area (Å²) in [7, 11) is 0. The lowest BCUT2D eigenvalue weighted by Crippen LogP contribution is -2.62. The van der Waals surface area contributed by atoms with Crippen LogP contribution >= 0.6 is 0 Å². The Balaban J connectivity index is 1.20. The normalized spacial score (nSPS) is 17.5. The van der Waals surface area contributed by atoms with E-state index in [1.165, 1.54) is 137 Å². The largest absolute Gasteiger partial charge is 0.311 e. The topological polar surface area (TPSA) is 6.48 Å². The van der Waals surface area contributed by atoms with Gasteiger partial charge in [0, 0.05) is 39.4 Å². The minimum atomic E-state index is -0.260. The molecule has 390 valence electrons. The molecular weight excluding hydrogens is 928 g/mol. The smallest absolute Gasteiger partial charge is 0.252 e. The van der Waals surface area contributed by atoms with Gasteiger partial charge in [0.05, 0.1) is 5.69 Å². The first-order chi connectivity index (χ1) is 36.4. The Morgan fingerprint density at radius 2 is 0.922 bits per heavy atom. The number of benzene rings is 8. The molecule has 0 saturated heterocycles. The molecule has 0 amide bonds. The van der Waals surface area contributed by atoms with Crippen molar-refractivity contribution in [1.29, 1.82) is 0 Å². The number of nitrogens with zero attached hydrogens (tertiary/aromatic N) is 2. The quantitative estimate of drug-likeness (QED) is 0.147. The molecule has 0 N–H and O–H groups in total. The van der Waals surface area contributed by atoms with Crippen molar-refractivity contribution in [3.05, 3.63) is 208 Å². The van der Waals surface area contributed by atoms with Crippen LogP contribution < -0.4 is 26.2 Å². The lowest BCUT2D eigenvalue weighted by atomic mass is 9.33. The van der Waals surface area contributed by atoms with Crippen LogP contribution in [-0.4, -0.2) is 6.71 Å². The molecule has 8 aromatic rings. The monoisotopic (exact) mass is 1010 g/mol. The van der Waals surface area contributed by atoms with Gasteiger partial charge in [-0.15, -0.1) is 0 Å². The minimum Gasteiger partial charge on any atom is -0.311 e. The van der Waals surface area contributed by atoms with Crippen molar-refractivity contribution in [2.75, 3.05) is 9.80 Å². The van der Waals surface area contributed by atoms with E-state index < -0.39 is 0 Å². The first-order valence-electron chi connectivity index (χ1n) is 29.0. The van der Waals surface area contributed by atoms with E-state index in [4.69, 9.17) is 0 Å². The maximum atomic E-state index is 2.73. The van der Waals surface area contributed by atoms with Gasteiger partial charge in [0.25, 0.3) is 6.71 Å². The average molecular weight is 1010 g/mol. The van der Waals surface area contributed by atoms with Gasteiger partial charge >= 0.3 is 0 Å². The second kappa shape index (κ2) is 17.7. The maximum absolute atomic E-state index is 2.73. The summed E-state index contributed by atoms with van der Waals surface area (Å²) in [5.74, 6) is 0.282. The summed E-state index contributed by atoms with van der Waals surface area (Å²) < 4.78 is 0. The van der Waals surface area contributed by atoms with Gasteiger partial charge in [0.15, 0.2) is 0 Å². The van der Waals surface area contributed by atoms with Crippen LogP contribution in [0.5, 0.6) is 0 Å². The molecule has 8 aromatic carbocycles. The highest BCUT2D eigenvalue weighted by atomic mass is 15.2. The number of anilines is 6. The number of rotatable bonds is 7. The Morgan fingerprint density at radius 1 is 0.403 bits per heavy atom. The molecule has 3 heteroatoms. The Morgan fingerprint density at radius 3 is 1.53 bits per heavy atom. The molecule has 4 aliphatic rings. The van der Waals surface area contributed by atoms with Gasteiger partial charge in [-0.05, 0) is 185 Å². The van der Waals surface area contributed by atoms with E-state index >= 15 is 0 Å². The molecular formula is C74H81BN2. The molecule has 2 aliphatic carbocycles. The predicted molar refractivity (Wildman–Crippen MR) is 333 cm³/mol. The van der Waals surface area contributed by atoms with E-state index in [1.807, 2.05) is 0 Å².